The van der Waals surface area contributed by atoms with Crippen molar-refractivity contribution in [3.8, 4) is 0 Å². The van der Waals surface area contributed by atoms with E-state index in [1.165, 1.54) is 55.4 Å². The number of nitrogens with one attached hydrogen (secondary N) is 4. The summed E-state index contributed by atoms with van der Waals surface area (Å²) in [4.78, 5) is 112. The number of amides is 4. The summed E-state index contributed by atoms with van der Waals surface area (Å²) in [6.07, 6.45) is -8.96. The Labute approximate surface area is 443 Å². The van der Waals surface area contributed by atoms with E-state index in [-0.39, 0.29) is 51.9 Å². The molecule has 0 heterocycles. The molecule has 0 aliphatic heterocycles. The van der Waals surface area contributed by atoms with Crippen LogP contribution in [0, 0.1) is 21.7 Å². The third-order valence-corrected chi connectivity index (χ3v) is 47.8. The fourth-order valence-corrected chi connectivity index (χ4v) is 52.2. The number of rotatable bonds is 40. The third-order valence-electron chi connectivity index (χ3n) is 11.5. The quantitative estimate of drug-likeness (QED) is 0.0257. The molecule has 8 atom stereocenters. The van der Waals surface area contributed by atoms with Crippen molar-refractivity contribution in [2.45, 2.75) is 126 Å². The number of aliphatic hydroxyl groups is 8. The molecular weight excluding hydrogens is 1100 g/mol. The summed E-state index contributed by atoms with van der Waals surface area (Å²) < 4.78 is 0. The first kappa shape index (κ1) is 71.0. The molecule has 0 radical (unpaired) electrons. The van der Waals surface area contributed by atoms with Crippen molar-refractivity contribution >= 4 is 95.8 Å². The molecular formula is C44H84GeN8O16S4. The molecule has 0 spiro atoms. The van der Waals surface area contributed by atoms with Crippen molar-refractivity contribution in [1.29, 1.82) is 0 Å². The van der Waals surface area contributed by atoms with E-state index < -0.39 is 175 Å². The molecule has 0 aliphatic carbocycles. The van der Waals surface area contributed by atoms with Crippen LogP contribution in [0.3, 0.4) is 0 Å². The van der Waals surface area contributed by atoms with E-state index in [0.717, 1.165) is 0 Å². The molecule has 424 valence electrons. The van der Waals surface area contributed by atoms with Crippen molar-refractivity contribution in [2.75, 3.05) is 78.8 Å². The van der Waals surface area contributed by atoms with Crippen molar-refractivity contribution in [3.63, 3.8) is 0 Å². The van der Waals surface area contributed by atoms with Gasteiger partial charge in [-0.05, 0) is 0 Å². The molecule has 29 heteroatoms. The maximum absolute atomic E-state index is 14.9. The normalized spacial score (nSPS) is 16.6. The Morgan fingerprint density at radius 3 is 0.685 bits per heavy atom. The standard InChI is InChI=1S/C44H84GeN8O16S4/c1-41(2,21-54)37(66)33(62)25(17-50-29(58)9-13-46)70-45(71-26(18-51-30(59)10-14-47)34(63)38(67)42(3,4)22-55,72-27(19-52-31(60)11-15-48)35(64)39(68)43(5,6)23-56)73-28(20-53-32(61)12-16-49)36(65)40(69)44(7,8)24-57/h25-28,37-40,54-57,66-69H,9-24,46-49H2,1-8H3,(H,50,58)(H,51,59)(H,52,60)(H,53,61). The molecule has 0 aromatic carbocycles. The zero-order valence-electron chi connectivity index (χ0n) is 43.2. The molecule has 4 amide bonds. The second kappa shape index (κ2) is 33.3. The number of hydrogen-bond acceptors (Lipinski definition) is 24. The molecule has 0 saturated carbocycles. The number of aliphatic hydroxyl groups excluding tert-OH is 8. The predicted octanol–water partition coefficient (Wildman–Crippen LogP) is -4.52. The number of Topliss-reactive ketones (excluding diaryl/α,β-unsaturated/α-hetero) is 4. The van der Waals surface area contributed by atoms with Crippen LogP contribution in [-0.4, -0.2) is 221 Å². The Kier molecular flexibility index (Phi) is 32.4. The van der Waals surface area contributed by atoms with Crippen LogP contribution >= 0.6 is 40.3 Å². The SMILES string of the molecule is CC(C)(CO)C(O)C(=O)C(CNC(=O)CCN)[S][Ge]([S]C(CNC(=O)CCN)C(=O)C(O)C(C)(C)CO)([S]C(CNC(=O)CCN)C(=O)C(O)C(C)(C)CO)[S]C(CNC(=O)CCN)C(=O)C(O)C(C)(C)CO. The number of ketones is 4. The molecule has 8 unspecified atom stereocenters. The summed E-state index contributed by atoms with van der Waals surface area (Å²) in [5.74, 6) is -6.73. The Balaban J connectivity index is 9.45. The second-order valence-corrected chi connectivity index (χ2v) is 52.1. The first-order chi connectivity index (χ1) is 33.8. The zero-order chi connectivity index (χ0) is 56.7. The summed E-state index contributed by atoms with van der Waals surface area (Å²) in [6, 6.07) is 0. The topological polar surface area (TPSA) is 451 Å². The van der Waals surface area contributed by atoms with Crippen molar-refractivity contribution in [2.24, 2.45) is 44.6 Å². The molecule has 0 rings (SSSR count). The summed E-state index contributed by atoms with van der Waals surface area (Å²) >= 11 is 0. The van der Waals surface area contributed by atoms with Gasteiger partial charge in [0.05, 0.1) is 0 Å². The van der Waals surface area contributed by atoms with E-state index in [9.17, 15) is 79.2 Å². The summed E-state index contributed by atoms with van der Waals surface area (Å²) in [7, 11) is -2.79. The molecule has 24 nitrogen and oxygen atoms in total. The van der Waals surface area contributed by atoms with Crippen LogP contribution in [-0.2, 0) is 38.4 Å². The minimum absolute atomic E-state index is 0.133. The van der Waals surface area contributed by atoms with Gasteiger partial charge in [-0.25, -0.2) is 0 Å². The van der Waals surface area contributed by atoms with Gasteiger partial charge >= 0.3 is 446 Å². The summed E-state index contributed by atoms with van der Waals surface area (Å²) in [5.41, 5.74) is 16.4. The van der Waals surface area contributed by atoms with Gasteiger partial charge in [0, 0.05) is 0 Å². The van der Waals surface area contributed by atoms with Gasteiger partial charge in [-0.1, -0.05) is 0 Å². The third kappa shape index (κ3) is 23.3. The molecule has 0 aromatic heterocycles. The van der Waals surface area contributed by atoms with Crippen LogP contribution in [0.25, 0.3) is 0 Å². The number of hydrogen-bond donors (Lipinski definition) is 16. The Hall–Kier alpha value is -1.98. The van der Waals surface area contributed by atoms with Gasteiger partial charge in [0.15, 0.2) is 0 Å². The van der Waals surface area contributed by atoms with E-state index in [4.69, 9.17) is 22.9 Å². The van der Waals surface area contributed by atoms with Crippen LogP contribution in [0.2, 0.25) is 0 Å². The Morgan fingerprint density at radius 1 is 0.384 bits per heavy atom. The molecule has 0 bridgehead atoms. The van der Waals surface area contributed by atoms with Crippen molar-refractivity contribution in [3.05, 3.63) is 0 Å². The van der Waals surface area contributed by atoms with Gasteiger partial charge in [-0.15, -0.1) is 0 Å². The molecule has 0 saturated heterocycles. The zero-order valence-corrected chi connectivity index (χ0v) is 48.6. The van der Waals surface area contributed by atoms with Gasteiger partial charge in [0.1, 0.15) is 0 Å². The van der Waals surface area contributed by atoms with Crippen LogP contribution in [0.15, 0.2) is 0 Å². The number of carbonyl (C=O) groups is 8. The van der Waals surface area contributed by atoms with Gasteiger partial charge in [0.2, 0.25) is 0 Å². The predicted molar refractivity (Wildman–Crippen MR) is 286 cm³/mol. The van der Waals surface area contributed by atoms with Crippen LogP contribution in [0.5, 0.6) is 0 Å². The average Bonchev–Trinajstić information content (AvgIpc) is 3.34. The van der Waals surface area contributed by atoms with Crippen LogP contribution in [0.4, 0.5) is 0 Å². The summed E-state index contributed by atoms with van der Waals surface area (Å²) in [6.45, 7) is 4.99. The fraction of sp³-hybridized carbons (Fsp3) is 0.818. The van der Waals surface area contributed by atoms with Crippen LogP contribution in [0.1, 0.15) is 81.1 Å². The summed E-state index contributed by atoms with van der Waals surface area (Å²) in [5, 5.41) is 91.9. The molecule has 0 aromatic rings. The van der Waals surface area contributed by atoms with E-state index in [2.05, 4.69) is 21.3 Å². The van der Waals surface area contributed by atoms with E-state index >= 15 is 0 Å². The number of nitrogens with two attached hydrogens (primary N) is 4. The minimum atomic E-state index is -5.58. The van der Waals surface area contributed by atoms with Crippen molar-refractivity contribution < 1.29 is 79.2 Å². The van der Waals surface area contributed by atoms with Crippen LogP contribution < -0.4 is 44.2 Å². The monoisotopic (exact) mass is 1180 g/mol. The Bertz CT molecular complexity index is 1570. The van der Waals surface area contributed by atoms with E-state index in [1.807, 2.05) is 0 Å². The van der Waals surface area contributed by atoms with Gasteiger partial charge < -0.3 is 0 Å². The van der Waals surface area contributed by atoms with E-state index in [1.54, 1.807) is 0 Å². The Morgan fingerprint density at radius 2 is 0.548 bits per heavy atom. The first-order valence-electron chi connectivity index (χ1n) is 23.7. The van der Waals surface area contributed by atoms with Gasteiger partial charge in [-0.2, -0.15) is 0 Å². The fourth-order valence-electron chi connectivity index (χ4n) is 5.96. The number of carbonyl (C=O) groups excluding carboxylic acids is 8. The van der Waals surface area contributed by atoms with Gasteiger partial charge in [-0.3, -0.25) is 0 Å². The maximum atomic E-state index is 14.9. The molecule has 20 N–H and O–H groups in total. The first-order valence-corrected chi connectivity index (χ1v) is 37.5. The molecule has 73 heavy (non-hydrogen) atoms. The average molecular weight is 1180 g/mol. The van der Waals surface area contributed by atoms with Gasteiger partial charge in [0.25, 0.3) is 0 Å². The van der Waals surface area contributed by atoms with E-state index in [0.29, 0.717) is 40.3 Å². The molecule has 0 aliphatic rings. The second-order valence-electron chi connectivity index (χ2n) is 20.1. The van der Waals surface area contributed by atoms with Crippen molar-refractivity contribution in [1.82, 2.24) is 21.3 Å². The molecule has 0 fully saturated rings.